The first-order valence-electron chi connectivity index (χ1n) is 4.18. The van der Waals surface area contributed by atoms with E-state index in [0.29, 0.717) is 4.73 Å². The number of nitrogens with zero attached hydrogens (tertiary/aromatic N) is 3. The minimum absolute atomic E-state index is 0.510. The molecule has 0 N–H and O–H groups in total. The Morgan fingerprint density at radius 3 is 2.50 bits per heavy atom. The molecular formula is C10H8BrN3. The van der Waals surface area contributed by atoms with Gasteiger partial charge in [0.2, 0.25) is 4.73 Å². The minimum Gasteiger partial charge on any atom is -0.219 e. The summed E-state index contributed by atoms with van der Waals surface area (Å²) in [6.07, 6.45) is 1.65. The molecule has 0 fully saturated rings. The Hall–Kier alpha value is -1.29. The molecule has 0 radical (unpaired) electrons. The predicted octanol–water partition coefficient (Wildman–Crippen LogP) is 2.61. The van der Waals surface area contributed by atoms with Gasteiger partial charge in [0.05, 0.1) is 11.9 Å². The minimum atomic E-state index is 0.510. The van der Waals surface area contributed by atoms with Crippen LogP contribution in [0, 0.1) is 6.92 Å². The van der Waals surface area contributed by atoms with Crippen LogP contribution in [0.2, 0.25) is 0 Å². The van der Waals surface area contributed by atoms with Crippen LogP contribution in [0.25, 0.3) is 11.3 Å². The van der Waals surface area contributed by atoms with E-state index >= 15 is 0 Å². The second-order valence-electron chi connectivity index (χ2n) is 2.98. The van der Waals surface area contributed by atoms with Gasteiger partial charge in [-0.25, -0.2) is 4.98 Å². The van der Waals surface area contributed by atoms with Gasteiger partial charge < -0.3 is 0 Å². The van der Waals surface area contributed by atoms with E-state index in [1.165, 1.54) is 5.56 Å². The van der Waals surface area contributed by atoms with Crippen LogP contribution in [0.5, 0.6) is 0 Å². The van der Waals surface area contributed by atoms with Crippen LogP contribution in [0.15, 0.2) is 35.2 Å². The molecule has 0 aliphatic rings. The highest BCUT2D eigenvalue weighted by atomic mass is 79.9. The van der Waals surface area contributed by atoms with E-state index in [1.807, 2.05) is 24.3 Å². The van der Waals surface area contributed by atoms with Gasteiger partial charge in [0.15, 0.2) is 0 Å². The molecule has 0 amide bonds. The Bertz CT molecular complexity index is 439. The van der Waals surface area contributed by atoms with E-state index in [9.17, 15) is 0 Å². The topological polar surface area (TPSA) is 38.7 Å². The highest BCUT2D eigenvalue weighted by molar-refractivity contribution is 9.10. The van der Waals surface area contributed by atoms with Crippen molar-refractivity contribution in [3.63, 3.8) is 0 Å². The van der Waals surface area contributed by atoms with Crippen molar-refractivity contribution < 1.29 is 0 Å². The molecule has 1 aromatic carbocycles. The van der Waals surface area contributed by atoms with Crippen molar-refractivity contribution in [2.75, 3.05) is 0 Å². The van der Waals surface area contributed by atoms with E-state index in [0.717, 1.165) is 11.3 Å². The largest absolute Gasteiger partial charge is 0.219 e. The fourth-order valence-corrected chi connectivity index (χ4v) is 1.43. The van der Waals surface area contributed by atoms with Crippen LogP contribution in [-0.2, 0) is 0 Å². The first kappa shape index (κ1) is 9.27. The monoisotopic (exact) mass is 249 g/mol. The van der Waals surface area contributed by atoms with Gasteiger partial charge in [0, 0.05) is 5.56 Å². The van der Waals surface area contributed by atoms with E-state index in [2.05, 4.69) is 38.0 Å². The predicted molar refractivity (Wildman–Crippen MR) is 57.7 cm³/mol. The molecule has 4 heteroatoms. The number of aryl methyl sites for hydroxylation is 1. The zero-order chi connectivity index (χ0) is 9.97. The van der Waals surface area contributed by atoms with E-state index in [4.69, 9.17) is 0 Å². The molecule has 1 aromatic heterocycles. The van der Waals surface area contributed by atoms with Crippen molar-refractivity contribution in [2.45, 2.75) is 6.92 Å². The quantitative estimate of drug-likeness (QED) is 0.780. The Morgan fingerprint density at radius 1 is 1.14 bits per heavy atom. The molecule has 14 heavy (non-hydrogen) atoms. The average molecular weight is 250 g/mol. The number of hydrogen-bond acceptors (Lipinski definition) is 3. The van der Waals surface area contributed by atoms with Crippen molar-refractivity contribution in [3.05, 3.63) is 40.8 Å². The number of benzene rings is 1. The van der Waals surface area contributed by atoms with Crippen molar-refractivity contribution >= 4 is 15.9 Å². The average Bonchev–Trinajstić information content (AvgIpc) is 2.19. The highest BCUT2D eigenvalue weighted by Gasteiger charge is 2.00. The van der Waals surface area contributed by atoms with Gasteiger partial charge >= 0.3 is 0 Å². The number of rotatable bonds is 1. The summed E-state index contributed by atoms with van der Waals surface area (Å²) >= 11 is 3.19. The second-order valence-corrected chi connectivity index (χ2v) is 3.69. The molecule has 0 aliphatic carbocycles. The van der Waals surface area contributed by atoms with Gasteiger partial charge in [-0.05, 0) is 22.9 Å². The van der Waals surface area contributed by atoms with E-state index in [1.54, 1.807) is 6.20 Å². The summed E-state index contributed by atoms with van der Waals surface area (Å²) in [6, 6.07) is 8.13. The maximum absolute atomic E-state index is 4.22. The normalized spacial score (nSPS) is 10.1. The molecule has 2 aromatic rings. The molecule has 0 aliphatic heterocycles. The summed E-state index contributed by atoms with van der Waals surface area (Å²) < 4.78 is 0.510. The lowest BCUT2D eigenvalue weighted by atomic mass is 10.1. The lowest BCUT2D eigenvalue weighted by Crippen LogP contribution is -1.90. The first-order valence-corrected chi connectivity index (χ1v) is 4.97. The van der Waals surface area contributed by atoms with Gasteiger partial charge in [-0.15, -0.1) is 5.10 Å². The molecule has 3 nitrogen and oxygen atoms in total. The van der Waals surface area contributed by atoms with Crippen molar-refractivity contribution in [1.29, 1.82) is 0 Å². The van der Waals surface area contributed by atoms with E-state index in [-0.39, 0.29) is 0 Å². The summed E-state index contributed by atoms with van der Waals surface area (Å²) in [6.45, 7) is 2.05. The zero-order valence-corrected chi connectivity index (χ0v) is 9.19. The zero-order valence-electron chi connectivity index (χ0n) is 7.61. The molecule has 0 saturated heterocycles. The summed E-state index contributed by atoms with van der Waals surface area (Å²) in [4.78, 5) is 4.22. The van der Waals surface area contributed by atoms with Gasteiger partial charge in [0.1, 0.15) is 0 Å². The van der Waals surface area contributed by atoms with Crippen molar-refractivity contribution in [2.24, 2.45) is 0 Å². The number of halogens is 1. The van der Waals surface area contributed by atoms with Crippen LogP contribution < -0.4 is 0 Å². The Balaban J connectivity index is 2.44. The van der Waals surface area contributed by atoms with Crippen molar-refractivity contribution in [3.8, 4) is 11.3 Å². The molecule has 1 heterocycles. The van der Waals surface area contributed by atoms with Gasteiger partial charge in [-0.2, -0.15) is 5.10 Å². The van der Waals surface area contributed by atoms with Crippen LogP contribution in [0.1, 0.15) is 5.56 Å². The van der Waals surface area contributed by atoms with Gasteiger partial charge in [-0.1, -0.05) is 29.8 Å². The van der Waals surface area contributed by atoms with Crippen LogP contribution >= 0.6 is 15.9 Å². The summed E-state index contributed by atoms with van der Waals surface area (Å²) in [7, 11) is 0. The lowest BCUT2D eigenvalue weighted by Gasteiger charge is -1.99. The number of hydrogen-bond donors (Lipinski definition) is 0. The van der Waals surface area contributed by atoms with Crippen LogP contribution in [-0.4, -0.2) is 15.2 Å². The maximum atomic E-state index is 4.22. The molecule has 0 spiro atoms. The summed E-state index contributed by atoms with van der Waals surface area (Å²) in [5.41, 5.74) is 3.10. The summed E-state index contributed by atoms with van der Waals surface area (Å²) in [5, 5.41) is 7.56. The Kier molecular flexibility index (Phi) is 2.54. The molecule has 70 valence electrons. The summed E-state index contributed by atoms with van der Waals surface area (Å²) in [5.74, 6) is 0. The Labute approximate surface area is 90.3 Å². The van der Waals surface area contributed by atoms with E-state index < -0.39 is 0 Å². The first-order chi connectivity index (χ1) is 6.75. The maximum Gasteiger partial charge on any atom is 0.218 e. The molecule has 0 atom stereocenters. The molecule has 0 unspecified atom stereocenters. The fraction of sp³-hybridized carbons (Fsp3) is 0.100. The highest BCUT2D eigenvalue weighted by Crippen LogP contribution is 2.17. The lowest BCUT2D eigenvalue weighted by molar-refractivity contribution is 0.939. The molecule has 0 bridgehead atoms. The van der Waals surface area contributed by atoms with Gasteiger partial charge in [-0.3, -0.25) is 0 Å². The third-order valence-electron chi connectivity index (χ3n) is 1.88. The third-order valence-corrected chi connectivity index (χ3v) is 2.22. The molecular weight excluding hydrogens is 242 g/mol. The second kappa shape index (κ2) is 3.84. The van der Waals surface area contributed by atoms with Crippen molar-refractivity contribution in [1.82, 2.24) is 15.2 Å². The van der Waals surface area contributed by atoms with Gasteiger partial charge in [0.25, 0.3) is 0 Å². The number of aromatic nitrogens is 3. The molecule has 0 saturated carbocycles. The fourth-order valence-electron chi connectivity index (χ4n) is 1.15. The SMILES string of the molecule is Cc1ccc(-c2cnnc(Br)n2)cc1. The molecule has 2 rings (SSSR count). The Morgan fingerprint density at radius 2 is 1.86 bits per heavy atom. The van der Waals surface area contributed by atoms with Crippen LogP contribution in [0.4, 0.5) is 0 Å². The standard InChI is InChI=1S/C10H8BrN3/c1-7-2-4-8(5-3-7)9-6-12-14-10(11)13-9/h2-6H,1H3. The van der Waals surface area contributed by atoms with Crippen LogP contribution in [0.3, 0.4) is 0 Å². The smallest absolute Gasteiger partial charge is 0.218 e. The third kappa shape index (κ3) is 1.96.